The molecule has 0 aliphatic carbocycles. The molecule has 0 fully saturated rings. The fraction of sp³-hybridized carbons (Fsp3) is 0.0638. The molecule has 6 nitrogen and oxygen atoms in total. The zero-order chi connectivity index (χ0) is 39.0. The van der Waals surface area contributed by atoms with E-state index in [1.165, 1.54) is 12.1 Å². The Hall–Kier alpha value is -7.20. The molecule has 10 rings (SSSR count). The Bertz CT molecular complexity index is 2920. The first-order valence-corrected chi connectivity index (χ1v) is 18.3. The standard InChI is InChI=1S/C47H30F4N6/c1-47(2,41-25-27(23-35(52-41)33-19-21-43(48)54-45(33)50)56-37-15-7-3-11-29(37)30-12-4-8-16-38(30)56)42-26-28(24-36(53-42)34-20-22-44(49)55-46(34)51)57-39-17-9-5-13-31(39)32-14-6-10-18-40(32)57/h3-26H,1-2H3. The summed E-state index contributed by atoms with van der Waals surface area (Å²) in [5.41, 5.74) is 5.49. The number of halogens is 4. The second kappa shape index (κ2) is 12.9. The maximum atomic E-state index is 15.6. The van der Waals surface area contributed by atoms with Gasteiger partial charge in [0.1, 0.15) is 0 Å². The van der Waals surface area contributed by atoms with E-state index in [0.29, 0.717) is 22.8 Å². The number of hydrogen-bond acceptors (Lipinski definition) is 4. The second-order valence-electron chi connectivity index (χ2n) is 14.5. The average Bonchev–Trinajstić information content (AvgIpc) is 3.74. The van der Waals surface area contributed by atoms with Gasteiger partial charge >= 0.3 is 0 Å². The summed E-state index contributed by atoms with van der Waals surface area (Å²) in [6, 6.07) is 44.4. The SMILES string of the molecule is CC(C)(c1cc(-n2c3ccccc3c3ccccc32)cc(-c2ccc(F)nc2F)n1)c1cc(-n2c3ccccc3c3ccccc32)cc(-c2ccc(F)nc2F)n1. The Morgan fingerprint density at radius 1 is 0.404 bits per heavy atom. The van der Waals surface area contributed by atoms with Crippen molar-refractivity contribution in [3.63, 3.8) is 0 Å². The lowest BCUT2D eigenvalue weighted by Gasteiger charge is -2.27. The van der Waals surface area contributed by atoms with E-state index in [9.17, 15) is 8.78 Å². The van der Waals surface area contributed by atoms with Crippen molar-refractivity contribution in [3.05, 3.63) is 181 Å². The van der Waals surface area contributed by atoms with Gasteiger partial charge in [-0.3, -0.25) is 9.97 Å². The van der Waals surface area contributed by atoms with Crippen LogP contribution in [0.2, 0.25) is 0 Å². The second-order valence-corrected chi connectivity index (χ2v) is 14.5. The summed E-state index contributed by atoms with van der Waals surface area (Å²) in [6.07, 6.45) is 0. The minimum Gasteiger partial charge on any atom is -0.309 e. The summed E-state index contributed by atoms with van der Waals surface area (Å²) in [6.45, 7) is 3.88. The van der Waals surface area contributed by atoms with Crippen LogP contribution in [-0.4, -0.2) is 29.1 Å². The van der Waals surface area contributed by atoms with Gasteiger partial charge in [0.15, 0.2) is 0 Å². The first-order chi connectivity index (χ1) is 27.7. The summed E-state index contributed by atoms with van der Waals surface area (Å²) >= 11 is 0. The van der Waals surface area contributed by atoms with Gasteiger partial charge in [-0.05, 0) is 86.6 Å². The van der Waals surface area contributed by atoms with Gasteiger partial charge in [-0.1, -0.05) is 72.8 Å². The number of benzene rings is 4. The molecule has 6 heterocycles. The van der Waals surface area contributed by atoms with Crippen LogP contribution in [0.3, 0.4) is 0 Å². The van der Waals surface area contributed by atoms with Crippen molar-refractivity contribution in [1.29, 1.82) is 0 Å². The number of para-hydroxylation sites is 4. The molecule has 0 saturated heterocycles. The summed E-state index contributed by atoms with van der Waals surface area (Å²) in [7, 11) is 0. The van der Waals surface area contributed by atoms with E-state index in [1.54, 1.807) is 12.1 Å². The largest absolute Gasteiger partial charge is 0.309 e. The van der Waals surface area contributed by atoms with Crippen LogP contribution in [0.5, 0.6) is 0 Å². The monoisotopic (exact) mass is 754 g/mol. The van der Waals surface area contributed by atoms with Crippen molar-refractivity contribution in [2.45, 2.75) is 19.3 Å². The third kappa shape index (κ3) is 5.55. The number of nitrogens with zero attached hydrogens (tertiary/aromatic N) is 6. The van der Waals surface area contributed by atoms with Gasteiger partial charge in [0, 0.05) is 27.0 Å². The molecule has 10 aromatic rings. The molecule has 0 N–H and O–H groups in total. The number of rotatable bonds is 6. The van der Waals surface area contributed by atoms with Crippen LogP contribution in [0.25, 0.3) is 77.5 Å². The predicted molar refractivity (Wildman–Crippen MR) is 216 cm³/mol. The van der Waals surface area contributed by atoms with Gasteiger partial charge in [0.25, 0.3) is 0 Å². The molecule has 0 aliphatic heterocycles. The van der Waals surface area contributed by atoms with Crippen LogP contribution in [0.15, 0.2) is 146 Å². The maximum absolute atomic E-state index is 15.6. The van der Waals surface area contributed by atoms with Crippen LogP contribution in [0.1, 0.15) is 25.2 Å². The quantitative estimate of drug-likeness (QED) is 0.125. The molecule has 0 unspecified atom stereocenters. The third-order valence-electron chi connectivity index (χ3n) is 10.8. The first-order valence-electron chi connectivity index (χ1n) is 18.3. The lowest BCUT2D eigenvalue weighted by atomic mass is 9.83. The maximum Gasteiger partial charge on any atom is 0.224 e. The van der Waals surface area contributed by atoms with Crippen LogP contribution in [-0.2, 0) is 5.41 Å². The Balaban J connectivity index is 1.26. The lowest BCUT2D eigenvalue weighted by molar-refractivity contribution is 0.514. The molecular weight excluding hydrogens is 725 g/mol. The van der Waals surface area contributed by atoms with Crippen LogP contribution < -0.4 is 0 Å². The van der Waals surface area contributed by atoms with Crippen molar-refractivity contribution in [2.75, 3.05) is 0 Å². The van der Waals surface area contributed by atoms with Gasteiger partial charge in [0.05, 0.1) is 67.3 Å². The number of pyridine rings is 4. The Morgan fingerprint density at radius 2 is 0.737 bits per heavy atom. The van der Waals surface area contributed by atoms with Crippen LogP contribution in [0.4, 0.5) is 17.6 Å². The molecule has 0 saturated carbocycles. The zero-order valence-corrected chi connectivity index (χ0v) is 30.6. The summed E-state index contributed by atoms with van der Waals surface area (Å²) < 4.78 is 63.6. The molecule has 0 radical (unpaired) electrons. The van der Waals surface area contributed by atoms with Crippen LogP contribution >= 0.6 is 0 Å². The van der Waals surface area contributed by atoms with Gasteiger partial charge in [-0.15, -0.1) is 0 Å². The first kappa shape index (κ1) is 34.3. The molecular formula is C47H30F4N6. The average molecular weight is 755 g/mol. The summed E-state index contributed by atoms with van der Waals surface area (Å²) in [5.74, 6) is -3.90. The van der Waals surface area contributed by atoms with Crippen molar-refractivity contribution < 1.29 is 17.6 Å². The van der Waals surface area contributed by atoms with Crippen LogP contribution in [0, 0.1) is 23.8 Å². The van der Waals surface area contributed by atoms with Gasteiger partial charge in [-0.25, -0.2) is 0 Å². The van der Waals surface area contributed by atoms with E-state index in [-0.39, 0.29) is 22.5 Å². The van der Waals surface area contributed by atoms with E-state index in [4.69, 9.17) is 9.97 Å². The molecule has 0 atom stereocenters. The van der Waals surface area contributed by atoms with E-state index in [2.05, 4.69) is 43.4 Å². The Kier molecular flexibility index (Phi) is 7.79. The molecule has 0 spiro atoms. The predicted octanol–water partition coefficient (Wildman–Crippen LogP) is 11.7. The minimum atomic E-state index is -1.04. The topological polar surface area (TPSA) is 61.4 Å². The third-order valence-corrected chi connectivity index (χ3v) is 10.8. The Morgan fingerprint density at radius 3 is 1.07 bits per heavy atom. The summed E-state index contributed by atoms with van der Waals surface area (Å²) in [5, 5.41) is 4.12. The molecule has 10 heteroatoms. The molecule has 4 aromatic carbocycles. The molecule has 0 amide bonds. The van der Waals surface area contributed by atoms with E-state index in [0.717, 1.165) is 55.7 Å². The van der Waals surface area contributed by atoms with E-state index >= 15 is 8.78 Å². The zero-order valence-electron chi connectivity index (χ0n) is 30.6. The summed E-state index contributed by atoms with van der Waals surface area (Å²) in [4.78, 5) is 17.0. The molecule has 276 valence electrons. The molecule has 6 aromatic heterocycles. The van der Waals surface area contributed by atoms with Gasteiger partial charge in [0.2, 0.25) is 23.8 Å². The molecule has 0 bridgehead atoms. The molecule has 57 heavy (non-hydrogen) atoms. The fourth-order valence-corrected chi connectivity index (χ4v) is 7.95. The van der Waals surface area contributed by atoms with E-state index in [1.807, 2.05) is 98.8 Å². The molecule has 0 aliphatic rings. The number of hydrogen-bond donors (Lipinski definition) is 0. The fourth-order valence-electron chi connectivity index (χ4n) is 7.95. The highest BCUT2D eigenvalue weighted by Crippen LogP contribution is 2.40. The minimum absolute atomic E-state index is 0.0169. The van der Waals surface area contributed by atoms with Crippen molar-refractivity contribution >= 4 is 43.6 Å². The van der Waals surface area contributed by atoms with E-state index < -0.39 is 29.2 Å². The Labute approximate surface area is 323 Å². The van der Waals surface area contributed by atoms with Crippen molar-refractivity contribution in [1.82, 2.24) is 29.1 Å². The van der Waals surface area contributed by atoms with Crippen molar-refractivity contribution in [2.24, 2.45) is 0 Å². The number of fused-ring (bicyclic) bond motifs is 6. The highest BCUT2D eigenvalue weighted by Gasteiger charge is 2.31. The highest BCUT2D eigenvalue weighted by atomic mass is 19.1. The van der Waals surface area contributed by atoms with Gasteiger partial charge in [-0.2, -0.15) is 27.5 Å². The normalized spacial score (nSPS) is 12.0. The number of aromatic nitrogens is 6. The smallest absolute Gasteiger partial charge is 0.224 e. The van der Waals surface area contributed by atoms with Gasteiger partial charge < -0.3 is 9.13 Å². The lowest BCUT2D eigenvalue weighted by Crippen LogP contribution is -2.24. The van der Waals surface area contributed by atoms with Crippen molar-refractivity contribution in [3.8, 4) is 33.9 Å². The highest BCUT2D eigenvalue weighted by molar-refractivity contribution is 6.10.